The fraction of sp³-hybridized carbons (Fsp3) is 0.357. The topological polar surface area (TPSA) is 61.9 Å². The second-order valence-corrected chi connectivity index (χ2v) is 6.25. The molecule has 1 atom stereocenters. The molecule has 0 spiro atoms. The maximum atomic E-state index is 13.9. The van der Waals surface area contributed by atoms with Crippen LogP contribution in [0.3, 0.4) is 0 Å². The Morgan fingerprint density at radius 3 is 3.00 bits per heavy atom. The minimum atomic E-state index is -0.448. The van der Waals surface area contributed by atoms with Crippen LogP contribution in [0.4, 0.5) is 8.78 Å². The molecule has 1 unspecified atom stereocenters. The number of amides is 1. The van der Waals surface area contributed by atoms with Gasteiger partial charge in [0, 0.05) is 29.7 Å². The average Bonchev–Trinajstić information content (AvgIpc) is 2.94. The molecule has 3 rings (SSSR count). The third-order valence-electron chi connectivity index (χ3n) is 3.55. The van der Waals surface area contributed by atoms with Crippen LogP contribution in [0.2, 0.25) is 0 Å². The number of hydrogen-bond acceptors (Lipinski definition) is 4. The van der Waals surface area contributed by atoms with E-state index in [2.05, 4.69) is 15.2 Å². The van der Waals surface area contributed by atoms with Crippen molar-refractivity contribution in [2.24, 2.45) is 0 Å². The van der Waals surface area contributed by atoms with Crippen molar-refractivity contribution in [2.45, 2.75) is 11.7 Å². The number of carbonyl (C=O) groups is 1. The van der Waals surface area contributed by atoms with Crippen LogP contribution >= 0.6 is 11.8 Å². The number of carbonyl (C=O) groups excluding carboxylic acids is 1. The Hall–Kier alpha value is -1.96. The van der Waals surface area contributed by atoms with E-state index in [0.29, 0.717) is 30.8 Å². The van der Waals surface area contributed by atoms with E-state index in [1.807, 2.05) is 0 Å². The Labute approximate surface area is 130 Å². The summed E-state index contributed by atoms with van der Waals surface area (Å²) in [6, 6.07) is 3.49. The lowest BCUT2D eigenvalue weighted by Crippen LogP contribution is -2.33. The molecule has 1 N–H and O–H groups in total. The maximum Gasteiger partial charge on any atom is 0.291 e. The van der Waals surface area contributed by atoms with Crippen molar-refractivity contribution in [1.82, 2.24) is 20.1 Å². The third-order valence-corrected chi connectivity index (χ3v) is 4.86. The molecule has 22 heavy (non-hydrogen) atoms. The van der Waals surface area contributed by atoms with Crippen molar-refractivity contribution >= 4 is 17.7 Å². The van der Waals surface area contributed by atoms with Gasteiger partial charge in [0.05, 0.1) is 0 Å². The van der Waals surface area contributed by atoms with Crippen LogP contribution < -0.4 is 0 Å². The SMILES string of the molecule is O=C(c1ncn[nH]1)N1CCSC(c2cc(F)ccc2F)CC1. The molecule has 8 heteroatoms. The standard InChI is InChI=1S/C14H14F2N4OS/c15-9-1-2-11(16)10(7-9)12-3-4-20(5-6-22-12)14(21)13-17-8-18-19-13/h1-2,7-8,12H,3-6H2,(H,17,18,19). The monoisotopic (exact) mass is 324 g/mol. The first-order chi connectivity index (χ1) is 10.6. The molecule has 1 aromatic carbocycles. The van der Waals surface area contributed by atoms with Gasteiger partial charge in [-0.3, -0.25) is 9.89 Å². The van der Waals surface area contributed by atoms with E-state index in [-0.39, 0.29) is 17.0 Å². The number of nitrogens with zero attached hydrogens (tertiary/aromatic N) is 3. The Morgan fingerprint density at radius 2 is 2.23 bits per heavy atom. The zero-order chi connectivity index (χ0) is 15.5. The van der Waals surface area contributed by atoms with Crippen LogP contribution in [0.25, 0.3) is 0 Å². The largest absolute Gasteiger partial charge is 0.335 e. The number of rotatable bonds is 2. The van der Waals surface area contributed by atoms with Gasteiger partial charge in [-0.15, -0.1) is 0 Å². The molecule has 1 aliphatic heterocycles. The molecule has 1 aliphatic rings. The smallest absolute Gasteiger partial charge is 0.291 e. The summed E-state index contributed by atoms with van der Waals surface area (Å²) >= 11 is 1.53. The molecule has 0 aliphatic carbocycles. The van der Waals surface area contributed by atoms with Crippen molar-refractivity contribution in [3.8, 4) is 0 Å². The van der Waals surface area contributed by atoms with Crippen molar-refractivity contribution in [2.75, 3.05) is 18.8 Å². The summed E-state index contributed by atoms with van der Waals surface area (Å²) in [7, 11) is 0. The molecule has 1 fully saturated rings. The highest BCUT2D eigenvalue weighted by molar-refractivity contribution is 7.99. The van der Waals surface area contributed by atoms with E-state index in [9.17, 15) is 13.6 Å². The summed E-state index contributed by atoms with van der Waals surface area (Å²) in [4.78, 5) is 17.7. The molecule has 0 saturated carbocycles. The van der Waals surface area contributed by atoms with Gasteiger partial charge in [0.1, 0.15) is 18.0 Å². The predicted octanol–water partition coefficient (Wildman–Crippen LogP) is 2.40. The Balaban J connectivity index is 1.72. The van der Waals surface area contributed by atoms with Crippen LogP contribution in [0.1, 0.15) is 27.9 Å². The fourth-order valence-electron chi connectivity index (χ4n) is 2.44. The highest BCUT2D eigenvalue weighted by atomic mass is 32.2. The molecule has 1 aromatic heterocycles. The molecule has 0 radical (unpaired) electrons. The lowest BCUT2D eigenvalue weighted by atomic mass is 10.1. The van der Waals surface area contributed by atoms with E-state index in [1.165, 1.54) is 24.2 Å². The summed E-state index contributed by atoms with van der Waals surface area (Å²) in [6.45, 7) is 1.00. The molecular weight excluding hydrogens is 310 g/mol. The van der Waals surface area contributed by atoms with Gasteiger partial charge >= 0.3 is 0 Å². The van der Waals surface area contributed by atoms with Crippen molar-refractivity contribution < 1.29 is 13.6 Å². The number of aromatic amines is 1. The summed E-state index contributed by atoms with van der Waals surface area (Å²) in [5, 5.41) is 6.05. The fourth-order valence-corrected chi connectivity index (χ4v) is 3.68. The first-order valence-corrected chi connectivity index (χ1v) is 7.91. The van der Waals surface area contributed by atoms with Gasteiger partial charge in [-0.2, -0.15) is 16.9 Å². The normalized spacial score (nSPS) is 19.0. The van der Waals surface area contributed by atoms with E-state index >= 15 is 0 Å². The number of aromatic nitrogens is 3. The Bertz CT molecular complexity index is 665. The van der Waals surface area contributed by atoms with E-state index in [1.54, 1.807) is 4.90 Å². The number of H-pyrrole nitrogens is 1. The van der Waals surface area contributed by atoms with Crippen LogP contribution in [0, 0.1) is 11.6 Å². The number of nitrogens with one attached hydrogen (secondary N) is 1. The van der Waals surface area contributed by atoms with E-state index in [4.69, 9.17) is 0 Å². The van der Waals surface area contributed by atoms with Gasteiger partial charge in [-0.25, -0.2) is 13.8 Å². The quantitative estimate of drug-likeness (QED) is 0.921. The van der Waals surface area contributed by atoms with Gasteiger partial charge in [0.2, 0.25) is 5.82 Å². The number of thioether (sulfide) groups is 1. The summed E-state index contributed by atoms with van der Waals surface area (Å²) in [5.74, 6) is -0.232. The molecule has 2 aromatic rings. The Kier molecular flexibility index (Phi) is 4.37. The predicted molar refractivity (Wildman–Crippen MR) is 78.5 cm³/mol. The zero-order valence-corrected chi connectivity index (χ0v) is 12.4. The van der Waals surface area contributed by atoms with Gasteiger partial charge in [-0.05, 0) is 24.6 Å². The second-order valence-electron chi connectivity index (χ2n) is 4.94. The third kappa shape index (κ3) is 3.11. The zero-order valence-electron chi connectivity index (χ0n) is 11.6. The maximum absolute atomic E-state index is 13.9. The minimum absolute atomic E-state index is 0.164. The van der Waals surface area contributed by atoms with Gasteiger partial charge in [-0.1, -0.05) is 0 Å². The van der Waals surface area contributed by atoms with Crippen LogP contribution in [-0.2, 0) is 0 Å². The van der Waals surface area contributed by atoms with E-state index < -0.39 is 11.6 Å². The minimum Gasteiger partial charge on any atom is -0.335 e. The lowest BCUT2D eigenvalue weighted by Gasteiger charge is -2.19. The van der Waals surface area contributed by atoms with Crippen molar-refractivity contribution in [3.63, 3.8) is 0 Å². The number of benzene rings is 1. The first-order valence-electron chi connectivity index (χ1n) is 6.86. The summed E-state index contributed by atoms with van der Waals surface area (Å²) < 4.78 is 27.2. The molecule has 5 nitrogen and oxygen atoms in total. The van der Waals surface area contributed by atoms with Crippen LogP contribution in [0.15, 0.2) is 24.5 Å². The Morgan fingerprint density at radius 1 is 1.36 bits per heavy atom. The lowest BCUT2D eigenvalue weighted by molar-refractivity contribution is 0.0755. The van der Waals surface area contributed by atoms with Crippen LogP contribution in [0.5, 0.6) is 0 Å². The van der Waals surface area contributed by atoms with E-state index in [0.717, 1.165) is 12.1 Å². The molecule has 0 bridgehead atoms. The molecule has 1 saturated heterocycles. The highest BCUT2D eigenvalue weighted by Gasteiger charge is 2.25. The second kappa shape index (κ2) is 6.43. The number of halogens is 2. The number of hydrogen-bond donors (Lipinski definition) is 1. The van der Waals surface area contributed by atoms with Crippen molar-refractivity contribution in [3.05, 3.63) is 47.5 Å². The van der Waals surface area contributed by atoms with Crippen molar-refractivity contribution in [1.29, 1.82) is 0 Å². The van der Waals surface area contributed by atoms with Crippen LogP contribution in [-0.4, -0.2) is 44.8 Å². The average molecular weight is 324 g/mol. The summed E-state index contributed by atoms with van der Waals surface area (Å²) in [6.07, 6.45) is 1.84. The van der Waals surface area contributed by atoms with Gasteiger partial charge < -0.3 is 4.90 Å². The van der Waals surface area contributed by atoms with Gasteiger partial charge in [0.15, 0.2) is 0 Å². The molecule has 1 amide bonds. The molecule has 116 valence electrons. The summed E-state index contributed by atoms with van der Waals surface area (Å²) in [5.41, 5.74) is 0.360. The molecule has 2 heterocycles. The van der Waals surface area contributed by atoms with Gasteiger partial charge in [0.25, 0.3) is 5.91 Å². The first kappa shape index (κ1) is 15.0. The molecular formula is C14H14F2N4OS. The highest BCUT2D eigenvalue weighted by Crippen LogP contribution is 2.36.